The van der Waals surface area contributed by atoms with Crippen molar-refractivity contribution in [1.82, 2.24) is 9.97 Å². The molecular weight excluding hydrogens is 400 g/mol. The first-order chi connectivity index (χ1) is 15.6. The molecule has 3 aromatic rings. The van der Waals surface area contributed by atoms with Gasteiger partial charge in [0.1, 0.15) is 0 Å². The van der Waals surface area contributed by atoms with Gasteiger partial charge < -0.3 is 9.84 Å². The average Bonchev–Trinajstić information content (AvgIpc) is 2.86. The van der Waals surface area contributed by atoms with Crippen molar-refractivity contribution in [2.75, 3.05) is 7.11 Å². The van der Waals surface area contributed by atoms with Gasteiger partial charge in [0.25, 0.3) is 0 Å². The number of aliphatic hydroxyl groups excluding tert-OH is 1. The second kappa shape index (κ2) is 7.90. The molecule has 2 aliphatic carbocycles. The molecule has 0 bridgehead atoms. The molecule has 0 radical (unpaired) electrons. The van der Waals surface area contributed by atoms with Gasteiger partial charge in [0.05, 0.1) is 19.1 Å². The Hall–Kier alpha value is -3.47. The van der Waals surface area contributed by atoms with Crippen LogP contribution in [0.4, 0.5) is 0 Å². The van der Waals surface area contributed by atoms with Crippen molar-refractivity contribution in [3.05, 3.63) is 89.3 Å². The zero-order valence-electron chi connectivity index (χ0n) is 18.3. The van der Waals surface area contributed by atoms with Crippen molar-refractivity contribution in [2.24, 2.45) is 11.8 Å². The summed E-state index contributed by atoms with van der Waals surface area (Å²) in [7, 11) is 1.64. The van der Waals surface area contributed by atoms with E-state index in [4.69, 9.17) is 14.7 Å². The molecule has 0 unspecified atom stereocenters. The highest BCUT2D eigenvalue weighted by atomic mass is 16.5. The van der Waals surface area contributed by atoms with Crippen LogP contribution in [0.25, 0.3) is 11.4 Å². The van der Waals surface area contributed by atoms with Crippen molar-refractivity contribution in [3.63, 3.8) is 0 Å². The molecule has 5 rings (SSSR count). The molecule has 5 heteroatoms. The zero-order valence-corrected chi connectivity index (χ0v) is 18.3. The second-order valence-corrected chi connectivity index (χ2v) is 8.72. The molecule has 1 heterocycles. The topological polar surface area (TPSA) is 72.3 Å². The number of ketones is 1. The van der Waals surface area contributed by atoms with E-state index in [2.05, 4.69) is 12.1 Å². The number of rotatable bonds is 3. The highest BCUT2D eigenvalue weighted by molar-refractivity contribution is 5.98. The van der Waals surface area contributed by atoms with Crippen LogP contribution >= 0.6 is 0 Å². The molecule has 0 aliphatic heterocycles. The lowest BCUT2D eigenvalue weighted by Gasteiger charge is -2.50. The van der Waals surface area contributed by atoms with Crippen LogP contribution in [0.5, 0.6) is 5.88 Å². The maximum atomic E-state index is 13.0. The maximum Gasteiger partial charge on any atom is 0.220 e. The number of hydrogen-bond donors (Lipinski definition) is 1. The molecule has 0 spiro atoms. The summed E-state index contributed by atoms with van der Waals surface area (Å²) >= 11 is 0. The number of methoxy groups -OCH3 is 1. The summed E-state index contributed by atoms with van der Waals surface area (Å²) in [5.74, 6) is 1.06. The van der Waals surface area contributed by atoms with Gasteiger partial charge >= 0.3 is 0 Å². The van der Waals surface area contributed by atoms with Crippen molar-refractivity contribution in [3.8, 4) is 17.3 Å². The first kappa shape index (κ1) is 20.4. The van der Waals surface area contributed by atoms with E-state index in [1.807, 2.05) is 55.5 Å². The van der Waals surface area contributed by atoms with Crippen LogP contribution in [-0.2, 0) is 16.6 Å². The molecular formula is C27H26N2O3. The van der Waals surface area contributed by atoms with Crippen LogP contribution in [-0.4, -0.2) is 28.0 Å². The number of ether oxygens (including phenoxy) is 1. The summed E-state index contributed by atoms with van der Waals surface area (Å²) in [5.41, 5.74) is 3.82. The molecule has 2 aromatic carbocycles. The van der Waals surface area contributed by atoms with Crippen molar-refractivity contribution >= 4 is 5.78 Å². The van der Waals surface area contributed by atoms with E-state index in [1.54, 1.807) is 7.11 Å². The first-order valence-corrected chi connectivity index (χ1v) is 11.0. The van der Waals surface area contributed by atoms with Gasteiger partial charge in [-0.1, -0.05) is 67.6 Å². The Labute approximate surface area is 187 Å². The van der Waals surface area contributed by atoms with E-state index < -0.39 is 5.41 Å². The normalized spacial score (nSPS) is 25.8. The number of hydrogen-bond acceptors (Lipinski definition) is 5. The molecule has 162 valence electrons. The molecule has 2 aliphatic rings. The van der Waals surface area contributed by atoms with Crippen molar-refractivity contribution in [1.29, 1.82) is 0 Å². The van der Waals surface area contributed by atoms with Crippen molar-refractivity contribution < 1.29 is 14.6 Å². The Balaban J connectivity index is 1.84. The Morgan fingerprint density at radius 1 is 1.06 bits per heavy atom. The molecule has 1 fully saturated rings. The van der Waals surface area contributed by atoms with E-state index in [0.717, 1.165) is 41.5 Å². The smallest absolute Gasteiger partial charge is 0.220 e. The predicted molar refractivity (Wildman–Crippen MR) is 123 cm³/mol. The standard InChI is InChI=1S/C27H26N2O3/c1-17-22-14-13-21-24(28-25(29-26(21)32-2)18-9-5-3-6-10-18)27(22,15-19(16-30)23(17)31)20-11-7-4-8-12-20/h3-12,16-17,22,30H,13-15H2,1-2H3/t17-,22-,27+/m0/s1. The predicted octanol–water partition coefficient (Wildman–Crippen LogP) is 5.05. The van der Waals surface area contributed by atoms with Gasteiger partial charge in [0.15, 0.2) is 11.6 Å². The SMILES string of the molecule is COc1nc(-c2ccccc2)nc2c1CC[C@H]1[C@H](C)C(=O)C(=CO)C[C@]21c1ccccc1. The lowest BCUT2D eigenvalue weighted by molar-refractivity contribution is -0.123. The molecule has 5 nitrogen and oxygen atoms in total. The van der Waals surface area contributed by atoms with Gasteiger partial charge in [-0.25, -0.2) is 4.98 Å². The number of Topliss-reactive ketones (excluding diaryl/α,β-unsaturated/α-hetero) is 1. The number of benzene rings is 2. The van der Waals surface area contributed by atoms with Gasteiger partial charge in [-0.2, -0.15) is 4.98 Å². The van der Waals surface area contributed by atoms with Gasteiger partial charge in [-0.05, 0) is 30.7 Å². The fourth-order valence-corrected chi connectivity index (χ4v) is 5.72. The number of carbonyl (C=O) groups excluding carboxylic acids is 1. The van der Waals surface area contributed by atoms with E-state index in [0.29, 0.717) is 23.7 Å². The molecule has 0 saturated heterocycles. The quantitative estimate of drug-likeness (QED) is 0.469. The maximum absolute atomic E-state index is 13.0. The van der Waals surface area contributed by atoms with Gasteiger partial charge in [0, 0.05) is 28.0 Å². The van der Waals surface area contributed by atoms with Crippen LogP contribution in [0, 0.1) is 11.8 Å². The molecule has 3 atom stereocenters. The number of nitrogens with zero attached hydrogens (tertiary/aromatic N) is 2. The molecule has 32 heavy (non-hydrogen) atoms. The third-order valence-electron chi connectivity index (χ3n) is 7.20. The van der Waals surface area contributed by atoms with Gasteiger partial charge in [-0.15, -0.1) is 0 Å². The fourth-order valence-electron chi connectivity index (χ4n) is 5.72. The summed E-state index contributed by atoms with van der Waals surface area (Å²) < 4.78 is 5.75. The van der Waals surface area contributed by atoms with Crippen LogP contribution < -0.4 is 4.74 Å². The van der Waals surface area contributed by atoms with Gasteiger partial charge in [0.2, 0.25) is 5.88 Å². The van der Waals surface area contributed by atoms with Crippen LogP contribution in [0.3, 0.4) is 0 Å². The van der Waals surface area contributed by atoms with Crippen molar-refractivity contribution in [2.45, 2.75) is 31.6 Å². The average molecular weight is 427 g/mol. The van der Waals surface area contributed by atoms with Crippen LogP contribution in [0.2, 0.25) is 0 Å². The molecule has 1 aromatic heterocycles. The summed E-state index contributed by atoms with van der Waals surface area (Å²) in [6, 6.07) is 20.1. The number of carbonyl (C=O) groups is 1. The largest absolute Gasteiger partial charge is 0.515 e. The second-order valence-electron chi connectivity index (χ2n) is 8.72. The lowest BCUT2D eigenvalue weighted by atomic mass is 9.52. The minimum absolute atomic E-state index is 0.0248. The number of aromatic nitrogens is 2. The van der Waals surface area contributed by atoms with Crippen LogP contribution in [0.15, 0.2) is 72.5 Å². The molecule has 1 N–H and O–H groups in total. The van der Waals surface area contributed by atoms with Gasteiger partial charge in [-0.3, -0.25) is 4.79 Å². The first-order valence-electron chi connectivity index (χ1n) is 11.0. The number of aliphatic hydroxyl groups is 1. The minimum atomic E-state index is -0.545. The Morgan fingerprint density at radius 3 is 2.41 bits per heavy atom. The Bertz CT molecular complexity index is 1190. The lowest BCUT2D eigenvalue weighted by Crippen LogP contribution is -2.51. The monoisotopic (exact) mass is 426 g/mol. The summed E-state index contributed by atoms with van der Waals surface area (Å²) in [5, 5.41) is 9.97. The highest BCUT2D eigenvalue weighted by Gasteiger charge is 2.55. The third-order valence-corrected chi connectivity index (χ3v) is 7.20. The highest BCUT2D eigenvalue weighted by Crippen LogP contribution is 2.56. The van der Waals surface area contributed by atoms with Crippen LogP contribution in [0.1, 0.15) is 36.6 Å². The van der Waals surface area contributed by atoms with E-state index in [-0.39, 0.29) is 17.6 Å². The Kier molecular flexibility index (Phi) is 5.04. The minimum Gasteiger partial charge on any atom is -0.515 e. The molecule has 1 saturated carbocycles. The third kappa shape index (κ3) is 2.95. The molecule has 0 amide bonds. The van der Waals surface area contributed by atoms with E-state index in [9.17, 15) is 9.90 Å². The fraction of sp³-hybridized carbons (Fsp3) is 0.296. The summed E-state index contributed by atoms with van der Waals surface area (Å²) in [4.78, 5) is 22.9. The van der Waals surface area contributed by atoms with E-state index >= 15 is 0 Å². The number of allylic oxidation sites excluding steroid dienone is 1. The summed E-state index contributed by atoms with van der Waals surface area (Å²) in [6.07, 6.45) is 2.98. The number of fused-ring (bicyclic) bond motifs is 3. The Morgan fingerprint density at radius 2 is 1.75 bits per heavy atom. The summed E-state index contributed by atoms with van der Waals surface area (Å²) in [6.45, 7) is 1.98. The van der Waals surface area contributed by atoms with E-state index in [1.165, 1.54) is 0 Å². The zero-order chi connectivity index (χ0) is 22.3.